The Kier molecular flexibility index (Phi) is 6.61. The second-order valence-electron chi connectivity index (χ2n) is 7.50. The summed E-state index contributed by atoms with van der Waals surface area (Å²) in [5.41, 5.74) is 4.04. The number of aromatic nitrogens is 2. The van der Waals surface area contributed by atoms with E-state index in [0.717, 1.165) is 22.4 Å². The van der Waals surface area contributed by atoms with Gasteiger partial charge >= 0.3 is 5.97 Å². The molecule has 0 fully saturated rings. The minimum atomic E-state index is -1.02. The van der Waals surface area contributed by atoms with E-state index in [1.807, 2.05) is 60.7 Å². The Morgan fingerprint density at radius 2 is 1.58 bits per heavy atom. The molecule has 0 spiro atoms. The Bertz CT molecular complexity index is 1220. The van der Waals surface area contributed by atoms with E-state index < -0.39 is 18.2 Å². The first kappa shape index (κ1) is 22.0. The summed E-state index contributed by atoms with van der Waals surface area (Å²) in [6.07, 6.45) is 0.457. The van der Waals surface area contributed by atoms with Crippen molar-refractivity contribution < 1.29 is 19.4 Å². The van der Waals surface area contributed by atoms with E-state index in [2.05, 4.69) is 15.5 Å². The van der Waals surface area contributed by atoms with Crippen LogP contribution in [0.3, 0.4) is 0 Å². The zero-order chi connectivity index (χ0) is 23.2. The van der Waals surface area contributed by atoms with Gasteiger partial charge in [0.05, 0.1) is 11.3 Å². The Labute approximate surface area is 191 Å². The normalized spacial score (nSPS) is 12.6. The summed E-state index contributed by atoms with van der Waals surface area (Å²) in [6.45, 7) is 1.68. The van der Waals surface area contributed by atoms with Crippen molar-refractivity contribution in [2.24, 2.45) is 0 Å². The van der Waals surface area contributed by atoms with Crippen molar-refractivity contribution in [2.75, 3.05) is 5.32 Å². The molecule has 33 heavy (non-hydrogen) atoms. The summed E-state index contributed by atoms with van der Waals surface area (Å²) in [4.78, 5) is 23.9. The van der Waals surface area contributed by atoms with Gasteiger partial charge in [-0.2, -0.15) is 5.10 Å². The van der Waals surface area contributed by atoms with Crippen LogP contribution >= 0.6 is 0 Å². The lowest BCUT2D eigenvalue weighted by molar-refractivity contribution is -0.128. The number of aromatic amines is 1. The highest BCUT2D eigenvalue weighted by atomic mass is 16.5. The van der Waals surface area contributed by atoms with E-state index in [-0.39, 0.29) is 11.5 Å². The molecule has 0 saturated carbocycles. The zero-order valence-corrected chi connectivity index (χ0v) is 17.9. The van der Waals surface area contributed by atoms with Crippen molar-refractivity contribution in [3.05, 3.63) is 108 Å². The molecule has 0 radical (unpaired) electrons. The molecule has 0 bridgehead atoms. The first-order valence-corrected chi connectivity index (χ1v) is 10.5. The molecule has 0 aliphatic heterocycles. The number of hydrogen-bond acceptors (Lipinski definition) is 4. The molecule has 0 aliphatic rings. The molecule has 4 aromatic rings. The van der Waals surface area contributed by atoms with Crippen molar-refractivity contribution in [3.63, 3.8) is 0 Å². The molecular weight excluding hydrogens is 418 g/mol. The van der Waals surface area contributed by atoms with Crippen molar-refractivity contribution >= 4 is 17.6 Å². The van der Waals surface area contributed by atoms with Crippen LogP contribution in [0.15, 0.2) is 91.1 Å². The lowest BCUT2D eigenvalue weighted by atomic mass is 9.98. The number of carbonyl (C=O) groups excluding carboxylic acids is 1. The molecule has 3 aromatic carbocycles. The number of hydrogen-bond donors (Lipinski definition) is 3. The SMILES string of the molecule is CC(OC(c1ccccc1)c1c[nH]nc1-c1ccccc1)C(=O)Nc1ccc(C(=O)O)cc1. The molecular formula is C26H23N3O4. The van der Waals surface area contributed by atoms with Gasteiger partial charge in [-0.1, -0.05) is 60.7 Å². The summed E-state index contributed by atoms with van der Waals surface area (Å²) >= 11 is 0. The molecule has 2 atom stereocenters. The third-order valence-electron chi connectivity index (χ3n) is 5.21. The molecule has 166 valence electrons. The van der Waals surface area contributed by atoms with E-state index in [9.17, 15) is 9.59 Å². The highest BCUT2D eigenvalue weighted by molar-refractivity contribution is 5.95. The quantitative estimate of drug-likeness (QED) is 0.360. The van der Waals surface area contributed by atoms with Gasteiger partial charge in [0, 0.05) is 23.0 Å². The maximum absolute atomic E-state index is 12.8. The highest BCUT2D eigenvalue weighted by Gasteiger charge is 2.26. The highest BCUT2D eigenvalue weighted by Crippen LogP contribution is 2.33. The number of anilines is 1. The van der Waals surface area contributed by atoms with Gasteiger partial charge in [-0.3, -0.25) is 9.89 Å². The third kappa shape index (κ3) is 5.16. The fourth-order valence-corrected chi connectivity index (χ4v) is 3.49. The monoisotopic (exact) mass is 441 g/mol. The molecule has 1 aromatic heterocycles. The summed E-state index contributed by atoms with van der Waals surface area (Å²) in [6, 6.07) is 25.4. The number of nitrogens with zero attached hydrogens (tertiary/aromatic N) is 1. The van der Waals surface area contributed by atoms with Gasteiger partial charge in [0.1, 0.15) is 12.2 Å². The lowest BCUT2D eigenvalue weighted by Crippen LogP contribution is -2.29. The molecule has 2 unspecified atom stereocenters. The molecule has 4 rings (SSSR count). The number of carbonyl (C=O) groups is 2. The van der Waals surface area contributed by atoms with E-state index in [1.165, 1.54) is 12.1 Å². The van der Waals surface area contributed by atoms with Crippen LogP contribution in [0.25, 0.3) is 11.3 Å². The average molecular weight is 441 g/mol. The number of amides is 1. The van der Waals surface area contributed by atoms with E-state index >= 15 is 0 Å². The first-order chi connectivity index (χ1) is 16.0. The number of H-pyrrole nitrogens is 1. The van der Waals surface area contributed by atoms with Crippen molar-refractivity contribution in [1.82, 2.24) is 10.2 Å². The third-order valence-corrected chi connectivity index (χ3v) is 5.21. The van der Waals surface area contributed by atoms with Crippen molar-refractivity contribution in [2.45, 2.75) is 19.1 Å². The van der Waals surface area contributed by atoms with Crippen molar-refractivity contribution in [3.8, 4) is 11.3 Å². The van der Waals surface area contributed by atoms with Gasteiger partial charge < -0.3 is 15.2 Å². The van der Waals surface area contributed by atoms with Crippen molar-refractivity contribution in [1.29, 1.82) is 0 Å². The van der Waals surface area contributed by atoms with Gasteiger partial charge in [0.25, 0.3) is 5.91 Å². The minimum Gasteiger partial charge on any atom is -0.478 e. The van der Waals surface area contributed by atoms with Gasteiger partial charge in [0.15, 0.2) is 0 Å². The molecule has 7 nitrogen and oxygen atoms in total. The fourth-order valence-electron chi connectivity index (χ4n) is 3.49. The number of carboxylic acid groups (broad SMARTS) is 1. The molecule has 0 saturated heterocycles. The number of carboxylic acids is 1. The van der Waals surface area contributed by atoms with Gasteiger partial charge in [-0.25, -0.2) is 4.79 Å². The summed E-state index contributed by atoms with van der Waals surface area (Å²) in [7, 11) is 0. The molecule has 1 amide bonds. The second-order valence-corrected chi connectivity index (χ2v) is 7.50. The average Bonchev–Trinajstić information content (AvgIpc) is 3.33. The summed E-state index contributed by atoms with van der Waals surface area (Å²) in [5, 5.41) is 19.2. The van der Waals surface area contributed by atoms with Crippen LogP contribution in [0, 0.1) is 0 Å². The number of aromatic carboxylic acids is 1. The smallest absolute Gasteiger partial charge is 0.335 e. The maximum Gasteiger partial charge on any atom is 0.335 e. The summed E-state index contributed by atoms with van der Waals surface area (Å²) < 4.78 is 6.27. The van der Waals surface area contributed by atoms with Crippen LogP contribution in [0.5, 0.6) is 0 Å². The number of benzene rings is 3. The van der Waals surface area contributed by atoms with Gasteiger partial charge in [-0.15, -0.1) is 0 Å². The largest absolute Gasteiger partial charge is 0.478 e. The number of ether oxygens (including phenoxy) is 1. The van der Waals surface area contributed by atoms with Crippen LogP contribution in [0.1, 0.15) is 34.5 Å². The summed E-state index contributed by atoms with van der Waals surface area (Å²) in [5.74, 6) is -1.37. The maximum atomic E-state index is 12.8. The van der Waals surface area contributed by atoms with Crippen LogP contribution in [-0.4, -0.2) is 33.3 Å². The molecule has 0 aliphatic carbocycles. The van der Waals surface area contributed by atoms with Gasteiger partial charge in [0.2, 0.25) is 0 Å². The Balaban J connectivity index is 1.57. The molecule has 3 N–H and O–H groups in total. The van der Waals surface area contributed by atoms with Crippen LogP contribution in [-0.2, 0) is 9.53 Å². The topological polar surface area (TPSA) is 104 Å². The fraction of sp³-hybridized carbons (Fsp3) is 0.115. The second kappa shape index (κ2) is 9.93. The van der Waals surface area contributed by atoms with Crippen LogP contribution in [0.4, 0.5) is 5.69 Å². The Morgan fingerprint density at radius 3 is 2.21 bits per heavy atom. The lowest BCUT2D eigenvalue weighted by Gasteiger charge is -2.23. The predicted molar refractivity (Wildman–Crippen MR) is 125 cm³/mol. The molecule has 1 heterocycles. The Hall–Kier alpha value is -4.23. The predicted octanol–water partition coefficient (Wildman–Crippen LogP) is 4.91. The minimum absolute atomic E-state index is 0.148. The number of rotatable bonds is 8. The van der Waals surface area contributed by atoms with E-state index in [4.69, 9.17) is 9.84 Å². The number of nitrogens with one attached hydrogen (secondary N) is 2. The Morgan fingerprint density at radius 1 is 0.939 bits per heavy atom. The zero-order valence-electron chi connectivity index (χ0n) is 17.9. The standard InChI is InChI=1S/C26H23N3O4/c1-17(25(30)28-21-14-12-20(13-15-21)26(31)32)33-24(19-10-6-3-7-11-19)22-16-27-29-23(22)18-8-4-2-5-9-18/h2-17,24H,1H3,(H,27,29)(H,28,30)(H,31,32). The van der Waals surface area contributed by atoms with Gasteiger partial charge in [-0.05, 0) is 36.8 Å². The van der Waals surface area contributed by atoms with E-state index in [1.54, 1.807) is 25.3 Å². The van der Waals surface area contributed by atoms with Crippen LogP contribution in [0.2, 0.25) is 0 Å². The van der Waals surface area contributed by atoms with Crippen LogP contribution < -0.4 is 5.32 Å². The van der Waals surface area contributed by atoms with E-state index in [0.29, 0.717) is 5.69 Å². The first-order valence-electron chi connectivity index (χ1n) is 10.5. The molecule has 7 heteroatoms.